The summed E-state index contributed by atoms with van der Waals surface area (Å²) >= 11 is 0. The van der Waals surface area contributed by atoms with Gasteiger partial charge >= 0.3 is 5.97 Å². The molecule has 29 heavy (non-hydrogen) atoms. The number of benzene rings is 1. The Hall–Kier alpha value is -3.16. The first-order chi connectivity index (χ1) is 14.0. The van der Waals surface area contributed by atoms with Crippen LogP contribution >= 0.6 is 0 Å². The summed E-state index contributed by atoms with van der Waals surface area (Å²) in [5.41, 5.74) is 1.33. The Morgan fingerprint density at radius 2 is 2.03 bits per heavy atom. The smallest absolute Gasteiger partial charge is 0.310 e. The van der Waals surface area contributed by atoms with Crippen molar-refractivity contribution in [2.24, 2.45) is 5.92 Å². The normalized spacial score (nSPS) is 23.8. The molecule has 152 valence electrons. The molecule has 0 aliphatic carbocycles. The summed E-state index contributed by atoms with van der Waals surface area (Å²) in [6.45, 7) is 2.39. The minimum atomic E-state index is -0.338. The van der Waals surface area contributed by atoms with Crippen molar-refractivity contribution in [3.8, 4) is 11.3 Å². The second-order valence-electron chi connectivity index (χ2n) is 7.42. The number of hydrogen-bond donors (Lipinski definition) is 0. The van der Waals surface area contributed by atoms with E-state index in [0.717, 1.165) is 5.56 Å². The zero-order valence-corrected chi connectivity index (χ0v) is 16.4. The highest BCUT2D eigenvalue weighted by molar-refractivity contribution is 5.97. The van der Waals surface area contributed by atoms with Gasteiger partial charge in [0.2, 0.25) is 5.91 Å². The van der Waals surface area contributed by atoms with Crippen LogP contribution in [0.4, 0.5) is 0 Å². The van der Waals surface area contributed by atoms with E-state index in [4.69, 9.17) is 9.15 Å². The third-order valence-corrected chi connectivity index (χ3v) is 5.84. The van der Waals surface area contributed by atoms with E-state index >= 15 is 0 Å². The van der Waals surface area contributed by atoms with Gasteiger partial charge in [-0.05, 0) is 25.0 Å². The molecule has 8 heteroatoms. The number of esters is 1. The molecule has 2 saturated heterocycles. The highest BCUT2D eigenvalue weighted by atomic mass is 16.5. The second-order valence-corrected chi connectivity index (χ2v) is 7.42. The number of amides is 2. The van der Waals surface area contributed by atoms with Gasteiger partial charge in [-0.25, -0.2) is 4.98 Å². The van der Waals surface area contributed by atoms with Crippen molar-refractivity contribution in [1.29, 1.82) is 0 Å². The van der Waals surface area contributed by atoms with Crippen molar-refractivity contribution < 1.29 is 23.5 Å². The minimum Gasteiger partial charge on any atom is -0.469 e. The van der Waals surface area contributed by atoms with Crippen LogP contribution in [0.25, 0.3) is 11.3 Å². The summed E-state index contributed by atoms with van der Waals surface area (Å²) in [4.78, 5) is 45.2. The number of nitrogens with zero attached hydrogens (tertiary/aromatic N) is 3. The SMILES string of the molecule is CC[C@H]1[C@@H](C(=O)OC)C[C@H]2CN(C(=O)c3ccc(-c4cnco4)cc3)CC(=O)N21. The molecule has 0 saturated carbocycles. The predicted octanol–water partition coefficient (Wildman–Crippen LogP) is 1.97. The number of fused-ring (bicyclic) bond motifs is 1. The maximum atomic E-state index is 13.0. The number of piperazine rings is 1. The van der Waals surface area contributed by atoms with Gasteiger partial charge < -0.3 is 19.0 Å². The number of hydrogen-bond acceptors (Lipinski definition) is 6. The Bertz CT molecular complexity index is 909. The van der Waals surface area contributed by atoms with Crippen molar-refractivity contribution in [2.75, 3.05) is 20.2 Å². The number of carbonyl (C=O) groups excluding carboxylic acids is 3. The summed E-state index contributed by atoms with van der Waals surface area (Å²) in [5.74, 6) is -0.323. The molecule has 2 fully saturated rings. The molecular weight excluding hydrogens is 374 g/mol. The van der Waals surface area contributed by atoms with E-state index in [1.807, 2.05) is 6.92 Å². The Balaban J connectivity index is 1.50. The average Bonchev–Trinajstić information content (AvgIpc) is 3.40. The number of ether oxygens (including phenoxy) is 1. The molecule has 2 aromatic rings. The molecule has 0 spiro atoms. The molecule has 0 N–H and O–H groups in total. The maximum absolute atomic E-state index is 13.0. The number of methoxy groups -OCH3 is 1. The number of aromatic nitrogens is 1. The molecular formula is C21H23N3O5. The molecule has 0 radical (unpaired) electrons. The van der Waals surface area contributed by atoms with Crippen molar-refractivity contribution in [3.63, 3.8) is 0 Å². The second kappa shape index (κ2) is 7.69. The molecule has 2 aliphatic rings. The lowest BCUT2D eigenvalue weighted by Gasteiger charge is -2.39. The van der Waals surface area contributed by atoms with Crippen LogP contribution in [-0.2, 0) is 14.3 Å². The Morgan fingerprint density at radius 1 is 1.28 bits per heavy atom. The minimum absolute atomic E-state index is 0.0174. The zero-order chi connectivity index (χ0) is 20.5. The van der Waals surface area contributed by atoms with Crippen molar-refractivity contribution in [1.82, 2.24) is 14.8 Å². The first kappa shape index (κ1) is 19.2. The fraction of sp³-hybridized carbons (Fsp3) is 0.429. The van der Waals surface area contributed by atoms with Crippen LogP contribution < -0.4 is 0 Å². The van der Waals surface area contributed by atoms with E-state index < -0.39 is 0 Å². The van der Waals surface area contributed by atoms with Crippen LogP contribution in [0.5, 0.6) is 0 Å². The number of oxazole rings is 1. The summed E-state index contributed by atoms with van der Waals surface area (Å²) in [6, 6.07) is 6.69. The van der Waals surface area contributed by atoms with Gasteiger partial charge in [0.05, 0.1) is 25.3 Å². The van der Waals surface area contributed by atoms with E-state index in [2.05, 4.69) is 4.98 Å². The summed E-state index contributed by atoms with van der Waals surface area (Å²) in [7, 11) is 1.37. The van der Waals surface area contributed by atoms with Crippen molar-refractivity contribution in [2.45, 2.75) is 31.8 Å². The van der Waals surface area contributed by atoms with E-state index in [1.54, 1.807) is 40.3 Å². The summed E-state index contributed by atoms with van der Waals surface area (Å²) in [5, 5.41) is 0. The van der Waals surface area contributed by atoms with Crippen molar-refractivity contribution in [3.05, 3.63) is 42.4 Å². The van der Waals surface area contributed by atoms with E-state index in [9.17, 15) is 14.4 Å². The van der Waals surface area contributed by atoms with Gasteiger partial charge in [-0.1, -0.05) is 19.1 Å². The average molecular weight is 397 g/mol. The third kappa shape index (κ3) is 3.39. The quantitative estimate of drug-likeness (QED) is 0.733. The van der Waals surface area contributed by atoms with Gasteiger partial charge in [0.25, 0.3) is 5.91 Å². The highest BCUT2D eigenvalue weighted by Gasteiger charge is 2.49. The number of rotatable bonds is 4. The Kier molecular flexibility index (Phi) is 5.08. The van der Waals surface area contributed by atoms with E-state index in [-0.39, 0.29) is 42.3 Å². The van der Waals surface area contributed by atoms with Gasteiger partial charge in [-0.15, -0.1) is 0 Å². The molecule has 0 bridgehead atoms. The van der Waals surface area contributed by atoms with Crippen LogP contribution in [0.3, 0.4) is 0 Å². The third-order valence-electron chi connectivity index (χ3n) is 5.84. The first-order valence-electron chi connectivity index (χ1n) is 9.70. The molecule has 1 aromatic heterocycles. The topological polar surface area (TPSA) is 93.0 Å². The van der Waals surface area contributed by atoms with Crippen LogP contribution in [0.1, 0.15) is 30.1 Å². The Morgan fingerprint density at radius 3 is 2.66 bits per heavy atom. The molecule has 1 aromatic carbocycles. The molecule has 8 nitrogen and oxygen atoms in total. The molecule has 4 rings (SSSR count). The van der Waals surface area contributed by atoms with Crippen molar-refractivity contribution >= 4 is 17.8 Å². The van der Waals surface area contributed by atoms with Crippen LogP contribution in [-0.4, -0.2) is 64.9 Å². The molecule has 3 heterocycles. The lowest BCUT2D eigenvalue weighted by Crippen LogP contribution is -2.57. The zero-order valence-electron chi connectivity index (χ0n) is 16.4. The van der Waals surface area contributed by atoms with Crippen LogP contribution in [0.15, 0.2) is 41.3 Å². The largest absolute Gasteiger partial charge is 0.469 e. The lowest BCUT2D eigenvalue weighted by molar-refractivity contribution is -0.147. The van der Waals surface area contributed by atoms with Gasteiger partial charge in [0.15, 0.2) is 12.2 Å². The molecule has 2 amide bonds. The van der Waals surface area contributed by atoms with Gasteiger partial charge in [-0.2, -0.15) is 0 Å². The maximum Gasteiger partial charge on any atom is 0.310 e. The number of carbonyl (C=O) groups is 3. The summed E-state index contributed by atoms with van der Waals surface area (Å²) in [6.07, 6.45) is 4.16. The monoisotopic (exact) mass is 397 g/mol. The molecule has 2 aliphatic heterocycles. The standard InChI is InChI=1S/C21H23N3O5/c1-3-17-16(21(27)28-2)8-15-10-23(11-19(25)24(15)17)20(26)14-6-4-13(5-7-14)18-9-22-12-29-18/h4-7,9,12,15-17H,3,8,10-11H2,1-2H3/t15-,16-,17-/m0/s1. The van der Waals surface area contributed by atoms with E-state index in [1.165, 1.54) is 13.5 Å². The van der Waals surface area contributed by atoms with Gasteiger partial charge in [0, 0.05) is 23.7 Å². The van der Waals surface area contributed by atoms with Crippen LogP contribution in [0.2, 0.25) is 0 Å². The fourth-order valence-electron chi connectivity index (χ4n) is 4.50. The predicted molar refractivity (Wildman–Crippen MR) is 103 cm³/mol. The van der Waals surface area contributed by atoms with E-state index in [0.29, 0.717) is 30.7 Å². The fourth-order valence-corrected chi connectivity index (χ4v) is 4.50. The molecule has 0 unspecified atom stereocenters. The lowest BCUT2D eigenvalue weighted by atomic mass is 9.97. The molecule has 3 atom stereocenters. The Labute approximate surface area is 168 Å². The summed E-state index contributed by atoms with van der Waals surface area (Å²) < 4.78 is 10.2. The highest BCUT2D eigenvalue weighted by Crippen LogP contribution is 2.35. The van der Waals surface area contributed by atoms with Crippen LogP contribution in [0, 0.1) is 5.92 Å². The van der Waals surface area contributed by atoms with Gasteiger partial charge in [0.1, 0.15) is 6.54 Å². The first-order valence-corrected chi connectivity index (χ1v) is 9.70. The van der Waals surface area contributed by atoms with Gasteiger partial charge in [-0.3, -0.25) is 14.4 Å².